The van der Waals surface area contributed by atoms with Gasteiger partial charge in [-0.15, -0.1) is 0 Å². The second-order valence-electron chi connectivity index (χ2n) is 4.94. The molecular weight excluding hydrogens is 226 g/mol. The summed E-state index contributed by atoms with van der Waals surface area (Å²) in [5.74, 6) is 0.478. The van der Waals surface area contributed by atoms with Crippen LogP contribution >= 0.6 is 0 Å². The lowest BCUT2D eigenvalue weighted by atomic mass is 9.96. The summed E-state index contributed by atoms with van der Waals surface area (Å²) in [4.78, 5) is 4.39. The highest BCUT2D eigenvalue weighted by atomic mass is 16.5. The number of ether oxygens (including phenoxy) is 1. The molecule has 2 unspecified atom stereocenters. The second kappa shape index (κ2) is 5.04. The number of nitrogens with zero attached hydrogens (tertiary/aromatic N) is 1. The lowest BCUT2D eigenvalue weighted by molar-refractivity contribution is 0.129. The first kappa shape index (κ1) is 11.6. The quantitative estimate of drug-likeness (QED) is 0.901. The average molecular weight is 243 g/mol. The van der Waals surface area contributed by atoms with Crippen LogP contribution in [-0.2, 0) is 4.74 Å². The van der Waals surface area contributed by atoms with Gasteiger partial charge in [-0.1, -0.05) is 18.2 Å². The number of pyridine rings is 1. The molecule has 1 N–H and O–H groups in total. The van der Waals surface area contributed by atoms with Gasteiger partial charge < -0.3 is 9.84 Å². The molecule has 0 radical (unpaired) electrons. The summed E-state index contributed by atoms with van der Waals surface area (Å²) in [6.45, 7) is 1.60. The van der Waals surface area contributed by atoms with Gasteiger partial charge in [-0.25, -0.2) is 0 Å². The summed E-state index contributed by atoms with van der Waals surface area (Å²) in [5, 5.41) is 11.3. The third kappa shape index (κ3) is 2.37. The van der Waals surface area contributed by atoms with E-state index in [2.05, 4.69) is 4.98 Å². The first-order valence-electron chi connectivity index (χ1n) is 6.43. The molecule has 0 amide bonds. The minimum Gasteiger partial charge on any atom is -0.388 e. The molecule has 2 heterocycles. The predicted octanol–water partition coefficient (Wildman–Crippen LogP) is 2.69. The Bertz CT molecular complexity index is 535. The van der Waals surface area contributed by atoms with Crippen molar-refractivity contribution in [1.29, 1.82) is 0 Å². The molecule has 1 aromatic carbocycles. The fraction of sp³-hybridized carbons (Fsp3) is 0.400. The van der Waals surface area contributed by atoms with Gasteiger partial charge in [0.05, 0.1) is 11.6 Å². The summed E-state index contributed by atoms with van der Waals surface area (Å²) in [7, 11) is 0. The maximum atomic E-state index is 10.2. The van der Waals surface area contributed by atoms with Crippen LogP contribution in [0.3, 0.4) is 0 Å². The van der Waals surface area contributed by atoms with E-state index in [-0.39, 0.29) is 0 Å². The van der Waals surface area contributed by atoms with Gasteiger partial charge in [-0.2, -0.15) is 0 Å². The summed E-state index contributed by atoms with van der Waals surface area (Å²) in [6, 6.07) is 10.0. The van der Waals surface area contributed by atoms with Crippen LogP contribution in [0.4, 0.5) is 0 Å². The molecule has 94 valence electrons. The van der Waals surface area contributed by atoms with Gasteiger partial charge in [0.2, 0.25) is 0 Å². The molecule has 0 bridgehead atoms. The molecule has 3 heteroatoms. The Hall–Kier alpha value is -1.45. The van der Waals surface area contributed by atoms with E-state index in [4.69, 9.17) is 4.74 Å². The highest BCUT2D eigenvalue weighted by Gasteiger charge is 2.20. The lowest BCUT2D eigenvalue weighted by Gasteiger charge is -2.14. The van der Waals surface area contributed by atoms with Crippen LogP contribution in [-0.4, -0.2) is 23.3 Å². The third-order valence-corrected chi connectivity index (χ3v) is 3.58. The number of aromatic nitrogens is 1. The van der Waals surface area contributed by atoms with Crippen LogP contribution in [0.1, 0.15) is 24.5 Å². The molecule has 2 aromatic rings. The maximum Gasteiger partial charge on any atom is 0.0808 e. The normalized spacial score (nSPS) is 21.3. The van der Waals surface area contributed by atoms with Crippen LogP contribution in [0, 0.1) is 5.92 Å². The van der Waals surface area contributed by atoms with Gasteiger partial charge in [0.15, 0.2) is 0 Å². The van der Waals surface area contributed by atoms with Gasteiger partial charge in [0.1, 0.15) is 0 Å². The predicted molar refractivity (Wildman–Crippen MR) is 70.2 cm³/mol. The molecule has 1 fully saturated rings. The van der Waals surface area contributed by atoms with Crippen molar-refractivity contribution in [2.24, 2.45) is 5.92 Å². The highest BCUT2D eigenvalue weighted by Crippen LogP contribution is 2.27. The Balaban J connectivity index is 1.80. The Morgan fingerprint density at radius 1 is 1.39 bits per heavy atom. The summed E-state index contributed by atoms with van der Waals surface area (Å²) >= 11 is 0. The van der Waals surface area contributed by atoms with Gasteiger partial charge >= 0.3 is 0 Å². The zero-order valence-corrected chi connectivity index (χ0v) is 10.2. The zero-order chi connectivity index (χ0) is 12.4. The molecule has 18 heavy (non-hydrogen) atoms. The van der Waals surface area contributed by atoms with E-state index in [1.165, 1.54) is 0 Å². The van der Waals surface area contributed by atoms with Crippen molar-refractivity contribution in [2.45, 2.75) is 18.9 Å². The number of rotatable bonds is 3. The standard InChI is InChI=1S/C15H17NO2/c17-15(7-11-5-6-18-10-11)13-8-12-3-1-2-4-14(12)16-9-13/h1-4,8-9,11,15,17H,5-7,10H2. The van der Waals surface area contributed by atoms with Crippen molar-refractivity contribution in [2.75, 3.05) is 13.2 Å². The molecule has 1 aromatic heterocycles. The smallest absolute Gasteiger partial charge is 0.0808 e. The van der Waals surface area contributed by atoms with Gasteiger partial charge in [0.25, 0.3) is 0 Å². The number of fused-ring (bicyclic) bond motifs is 1. The maximum absolute atomic E-state index is 10.2. The molecule has 1 saturated heterocycles. The molecule has 0 saturated carbocycles. The van der Waals surface area contributed by atoms with E-state index in [0.717, 1.165) is 42.5 Å². The number of aliphatic hydroxyl groups excluding tert-OH is 1. The van der Waals surface area contributed by atoms with Gasteiger partial charge in [0, 0.05) is 24.8 Å². The van der Waals surface area contributed by atoms with Crippen molar-refractivity contribution in [1.82, 2.24) is 4.98 Å². The number of hydrogen-bond acceptors (Lipinski definition) is 3. The van der Waals surface area contributed by atoms with E-state index < -0.39 is 6.10 Å². The molecular formula is C15H17NO2. The third-order valence-electron chi connectivity index (χ3n) is 3.58. The molecule has 2 atom stereocenters. The number of para-hydroxylation sites is 1. The van der Waals surface area contributed by atoms with Crippen molar-refractivity contribution >= 4 is 10.9 Å². The van der Waals surface area contributed by atoms with Crippen LogP contribution < -0.4 is 0 Å². The summed E-state index contributed by atoms with van der Waals surface area (Å²) in [5.41, 5.74) is 1.87. The first-order valence-corrected chi connectivity index (χ1v) is 6.43. The Morgan fingerprint density at radius 2 is 2.28 bits per heavy atom. The van der Waals surface area contributed by atoms with Gasteiger partial charge in [-0.3, -0.25) is 4.98 Å². The molecule has 1 aliphatic heterocycles. The molecule has 0 spiro atoms. The summed E-state index contributed by atoms with van der Waals surface area (Å²) < 4.78 is 5.34. The number of hydrogen-bond donors (Lipinski definition) is 1. The van der Waals surface area contributed by atoms with Gasteiger partial charge in [-0.05, 0) is 36.5 Å². The average Bonchev–Trinajstić information content (AvgIpc) is 2.91. The SMILES string of the molecule is OC(CC1CCOC1)c1cnc2ccccc2c1. The van der Waals surface area contributed by atoms with Crippen LogP contribution in [0.25, 0.3) is 10.9 Å². The van der Waals surface area contributed by atoms with Crippen LogP contribution in [0.5, 0.6) is 0 Å². The minimum absolute atomic E-state index is 0.436. The van der Waals surface area contributed by atoms with Crippen LogP contribution in [0.2, 0.25) is 0 Å². The number of benzene rings is 1. The molecule has 1 aliphatic rings. The van der Waals surface area contributed by atoms with E-state index in [9.17, 15) is 5.11 Å². The van der Waals surface area contributed by atoms with E-state index in [1.54, 1.807) is 6.20 Å². The topological polar surface area (TPSA) is 42.4 Å². The molecule has 3 nitrogen and oxygen atoms in total. The van der Waals surface area contributed by atoms with E-state index >= 15 is 0 Å². The largest absolute Gasteiger partial charge is 0.388 e. The lowest BCUT2D eigenvalue weighted by Crippen LogP contribution is -2.07. The summed E-state index contributed by atoms with van der Waals surface area (Å²) in [6.07, 6.45) is 3.16. The first-order chi connectivity index (χ1) is 8.83. The second-order valence-corrected chi connectivity index (χ2v) is 4.94. The van der Waals surface area contributed by atoms with Crippen molar-refractivity contribution < 1.29 is 9.84 Å². The van der Waals surface area contributed by atoms with E-state index in [0.29, 0.717) is 5.92 Å². The van der Waals surface area contributed by atoms with E-state index in [1.807, 2.05) is 30.3 Å². The monoisotopic (exact) mass is 243 g/mol. The minimum atomic E-state index is -0.436. The Kier molecular flexibility index (Phi) is 3.26. The Morgan fingerprint density at radius 3 is 3.11 bits per heavy atom. The van der Waals surface area contributed by atoms with Crippen molar-refractivity contribution in [3.8, 4) is 0 Å². The fourth-order valence-electron chi connectivity index (χ4n) is 2.49. The van der Waals surface area contributed by atoms with Crippen molar-refractivity contribution in [3.05, 3.63) is 42.1 Å². The van der Waals surface area contributed by atoms with Crippen molar-refractivity contribution in [3.63, 3.8) is 0 Å². The molecule has 0 aliphatic carbocycles. The zero-order valence-electron chi connectivity index (χ0n) is 10.2. The fourth-order valence-corrected chi connectivity index (χ4v) is 2.49. The Labute approximate surface area is 106 Å². The molecule has 3 rings (SSSR count). The highest BCUT2D eigenvalue weighted by molar-refractivity contribution is 5.78. The number of aliphatic hydroxyl groups is 1. The van der Waals surface area contributed by atoms with Crippen LogP contribution in [0.15, 0.2) is 36.5 Å².